The minimum Gasteiger partial charge on any atom is -0.311 e. The standard InChI is InChI=1S/C48H34N2S2/c1-3-11-35(12-4-1)49(39-28-30-47-44(31-39)42-16-8-10-18-46(42)51-47)37-23-19-33(20-24-37)34-21-25-38(26-22-34)50(36-13-5-2-6-14-36)40-27-29-43-41-15-7-9-17-45(41)52-48(43)32-40/h2-3,5-32H,1,4H2. The quantitative estimate of drug-likeness (QED) is 0.163. The lowest BCUT2D eigenvalue weighted by atomic mass is 10.0. The van der Waals surface area contributed by atoms with E-state index >= 15 is 0 Å². The normalized spacial score (nSPS) is 12.9. The number of nitrogens with zero attached hydrogens (tertiary/aromatic N) is 2. The second kappa shape index (κ2) is 13.0. The molecule has 0 aliphatic heterocycles. The number of para-hydroxylation sites is 1. The number of hydrogen-bond donors (Lipinski definition) is 0. The first-order valence-electron chi connectivity index (χ1n) is 17.8. The number of thiophene rings is 2. The van der Waals surface area contributed by atoms with Gasteiger partial charge in [0.1, 0.15) is 0 Å². The molecule has 0 saturated heterocycles. The fourth-order valence-corrected chi connectivity index (χ4v) is 9.78. The lowest BCUT2D eigenvalue weighted by molar-refractivity contribution is 0.997. The molecule has 52 heavy (non-hydrogen) atoms. The molecule has 0 saturated carbocycles. The molecule has 1 aliphatic rings. The summed E-state index contributed by atoms with van der Waals surface area (Å²) in [5, 5.41) is 5.27. The van der Waals surface area contributed by atoms with Gasteiger partial charge in [0.05, 0.1) is 0 Å². The van der Waals surface area contributed by atoms with Gasteiger partial charge in [-0.2, -0.15) is 0 Å². The molecule has 2 aromatic heterocycles. The van der Waals surface area contributed by atoms with Gasteiger partial charge in [-0.25, -0.2) is 0 Å². The van der Waals surface area contributed by atoms with Gasteiger partial charge in [0.25, 0.3) is 0 Å². The third-order valence-corrected chi connectivity index (χ3v) is 12.4. The predicted octanol–water partition coefficient (Wildman–Crippen LogP) is 14.9. The second-order valence-electron chi connectivity index (χ2n) is 13.3. The third kappa shape index (κ3) is 5.48. The lowest BCUT2D eigenvalue weighted by Crippen LogP contribution is -2.16. The third-order valence-electron chi connectivity index (χ3n) is 10.1. The monoisotopic (exact) mass is 702 g/mol. The van der Waals surface area contributed by atoms with E-state index in [0.717, 1.165) is 35.6 Å². The van der Waals surface area contributed by atoms with Crippen LogP contribution < -0.4 is 9.80 Å². The van der Waals surface area contributed by atoms with Gasteiger partial charge in [-0.15, -0.1) is 22.7 Å². The molecule has 0 bridgehead atoms. The smallest absolute Gasteiger partial charge is 0.0476 e. The molecule has 0 radical (unpaired) electrons. The Morgan fingerprint density at radius 1 is 0.365 bits per heavy atom. The maximum Gasteiger partial charge on any atom is 0.0476 e. The van der Waals surface area contributed by atoms with E-state index in [2.05, 4.69) is 192 Å². The molecule has 2 heterocycles. The fourth-order valence-electron chi connectivity index (χ4n) is 7.55. The molecule has 2 nitrogen and oxygen atoms in total. The van der Waals surface area contributed by atoms with E-state index in [-0.39, 0.29) is 0 Å². The first kappa shape index (κ1) is 30.8. The number of fused-ring (bicyclic) bond motifs is 6. The average molecular weight is 703 g/mol. The van der Waals surface area contributed by atoms with Crippen LogP contribution in [0.2, 0.25) is 0 Å². The summed E-state index contributed by atoms with van der Waals surface area (Å²) in [6.07, 6.45) is 9.05. The molecule has 4 heteroatoms. The van der Waals surface area contributed by atoms with Gasteiger partial charge in [-0.1, -0.05) is 97.1 Å². The van der Waals surface area contributed by atoms with Gasteiger partial charge in [-0.05, 0) is 109 Å². The summed E-state index contributed by atoms with van der Waals surface area (Å²) in [6.45, 7) is 0. The van der Waals surface area contributed by atoms with Crippen molar-refractivity contribution in [1.29, 1.82) is 0 Å². The van der Waals surface area contributed by atoms with E-state index < -0.39 is 0 Å². The SMILES string of the molecule is C1=CC(N(c2ccc(-c3ccc(N(c4ccccc4)c4ccc5c(c4)sc4ccccc45)cc3)cc2)c2ccc3sc4ccccc4c3c2)=CCC1. The summed E-state index contributed by atoms with van der Waals surface area (Å²) < 4.78 is 5.28. The molecular formula is C48H34N2S2. The highest BCUT2D eigenvalue weighted by Crippen LogP contribution is 2.42. The van der Waals surface area contributed by atoms with Crippen molar-refractivity contribution >= 4 is 91.5 Å². The van der Waals surface area contributed by atoms with E-state index in [0.29, 0.717) is 0 Å². The van der Waals surface area contributed by atoms with E-state index in [1.54, 1.807) is 0 Å². The van der Waals surface area contributed by atoms with E-state index in [9.17, 15) is 0 Å². The van der Waals surface area contributed by atoms with Crippen molar-refractivity contribution in [2.75, 3.05) is 9.80 Å². The van der Waals surface area contributed by atoms with Crippen LogP contribution in [0.5, 0.6) is 0 Å². The second-order valence-corrected chi connectivity index (χ2v) is 15.4. The number of benzene rings is 7. The molecule has 248 valence electrons. The molecule has 9 aromatic rings. The Morgan fingerprint density at radius 2 is 0.885 bits per heavy atom. The topological polar surface area (TPSA) is 6.48 Å². The Balaban J connectivity index is 0.990. The summed E-state index contributed by atoms with van der Waals surface area (Å²) >= 11 is 3.72. The van der Waals surface area contributed by atoms with Crippen LogP contribution in [-0.4, -0.2) is 0 Å². The van der Waals surface area contributed by atoms with Crippen molar-refractivity contribution in [2.24, 2.45) is 0 Å². The Morgan fingerprint density at radius 3 is 1.58 bits per heavy atom. The summed E-state index contributed by atoms with van der Waals surface area (Å²) in [5.41, 5.74) is 9.37. The van der Waals surface area contributed by atoms with Crippen LogP contribution >= 0.6 is 22.7 Å². The highest BCUT2D eigenvalue weighted by Gasteiger charge is 2.18. The molecule has 0 unspecified atom stereocenters. The lowest BCUT2D eigenvalue weighted by Gasteiger charge is -2.28. The zero-order chi connectivity index (χ0) is 34.4. The van der Waals surface area contributed by atoms with Gasteiger partial charge in [0.15, 0.2) is 0 Å². The van der Waals surface area contributed by atoms with Gasteiger partial charge in [0.2, 0.25) is 0 Å². The zero-order valence-corrected chi connectivity index (χ0v) is 30.1. The van der Waals surface area contributed by atoms with E-state index in [4.69, 9.17) is 0 Å². The molecular weight excluding hydrogens is 669 g/mol. The van der Waals surface area contributed by atoms with Crippen LogP contribution in [0.4, 0.5) is 28.4 Å². The fraction of sp³-hybridized carbons (Fsp3) is 0.0417. The summed E-state index contributed by atoms with van der Waals surface area (Å²) in [7, 11) is 0. The van der Waals surface area contributed by atoms with Crippen molar-refractivity contribution in [3.05, 3.63) is 188 Å². The van der Waals surface area contributed by atoms with E-state index in [1.165, 1.54) is 62.9 Å². The predicted molar refractivity (Wildman–Crippen MR) is 227 cm³/mol. The van der Waals surface area contributed by atoms with Gasteiger partial charge in [0, 0.05) is 74.5 Å². The Hall–Kier alpha value is -5.94. The van der Waals surface area contributed by atoms with Crippen molar-refractivity contribution in [3.63, 3.8) is 0 Å². The van der Waals surface area contributed by atoms with Crippen LogP contribution in [0.3, 0.4) is 0 Å². The Bertz CT molecular complexity index is 2790. The van der Waals surface area contributed by atoms with Crippen molar-refractivity contribution in [3.8, 4) is 11.1 Å². The molecule has 7 aromatic carbocycles. The van der Waals surface area contributed by atoms with Gasteiger partial charge < -0.3 is 9.80 Å². The average Bonchev–Trinajstić information content (AvgIpc) is 3.77. The number of rotatable bonds is 7. The van der Waals surface area contributed by atoms with Gasteiger partial charge >= 0.3 is 0 Å². The molecule has 0 N–H and O–H groups in total. The first-order chi connectivity index (χ1) is 25.8. The van der Waals surface area contributed by atoms with Crippen LogP contribution in [0.25, 0.3) is 51.5 Å². The van der Waals surface area contributed by atoms with E-state index in [1.807, 2.05) is 22.7 Å². The highest BCUT2D eigenvalue weighted by atomic mass is 32.1. The van der Waals surface area contributed by atoms with Crippen molar-refractivity contribution in [1.82, 2.24) is 0 Å². The summed E-state index contributed by atoms with van der Waals surface area (Å²) in [6, 6.07) is 59.9. The molecule has 0 amide bonds. The van der Waals surface area contributed by atoms with Gasteiger partial charge in [-0.3, -0.25) is 0 Å². The minimum atomic E-state index is 1.05. The Labute approximate surface area is 311 Å². The molecule has 1 aliphatic carbocycles. The highest BCUT2D eigenvalue weighted by molar-refractivity contribution is 7.26. The summed E-state index contributed by atoms with van der Waals surface area (Å²) in [5.74, 6) is 0. The number of allylic oxidation sites excluding steroid dienone is 3. The Kier molecular flexibility index (Phi) is 7.71. The van der Waals surface area contributed by atoms with Crippen LogP contribution in [-0.2, 0) is 0 Å². The molecule has 0 atom stereocenters. The van der Waals surface area contributed by atoms with Crippen LogP contribution in [0, 0.1) is 0 Å². The molecule has 10 rings (SSSR count). The minimum absolute atomic E-state index is 1.05. The molecule has 0 spiro atoms. The summed E-state index contributed by atoms with van der Waals surface area (Å²) in [4.78, 5) is 4.76. The van der Waals surface area contributed by atoms with Crippen molar-refractivity contribution in [2.45, 2.75) is 12.8 Å². The maximum absolute atomic E-state index is 2.40. The largest absolute Gasteiger partial charge is 0.311 e. The van der Waals surface area contributed by atoms with Crippen LogP contribution in [0.1, 0.15) is 12.8 Å². The number of anilines is 5. The zero-order valence-electron chi connectivity index (χ0n) is 28.4. The van der Waals surface area contributed by atoms with Crippen molar-refractivity contribution < 1.29 is 0 Å². The maximum atomic E-state index is 2.40. The molecule has 0 fully saturated rings. The van der Waals surface area contributed by atoms with Crippen LogP contribution in [0.15, 0.2) is 188 Å². The first-order valence-corrected chi connectivity index (χ1v) is 19.5. The number of hydrogen-bond acceptors (Lipinski definition) is 4.